The van der Waals surface area contributed by atoms with Gasteiger partial charge in [-0.3, -0.25) is 9.59 Å². The summed E-state index contributed by atoms with van der Waals surface area (Å²) in [6, 6.07) is 21.5. The Bertz CT molecular complexity index is 2420. The van der Waals surface area contributed by atoms with Gasteiger partial charge in [-0.2, -0.15) is 8.61 Å². The lowest BCUT2D eigenvalue weighted by Crippen LogP contribution is -2.48. The van der Waals surface area contributed by atoms with Crippen LogP contribution in [0.5, 0.6) is 0 Å². The molecule has 4 aliphatic rings. The van der Waals surface area contributed by atoms with Gasteiger partial charge in [-0.15, -0.1) is 22.7 Å². The molecule has 0 spiro atoms. The fraction of sp³-hybridized carbons (Fsp3) is 0.551. The van der Waals surface area contributed by atoms with Gasteiger partial charge in [0, 0.05) is 75.2 Å². The van der Waals surface area contributed by atoms with Crippen LogP contribution in [0.3, 0.4) is 0 Å². The van der Waals surface area contributed by atoms with Gasteiger partial charge in [-0.1, -0.05) is 61.7 Å². The van der Waals surface area contributed by atoms with Crippen molar-refractivity contribution in [1.82, 2.24) is 29.9 Å². The summed E-state index contributed by atoms with van der Waals surface area (Å²) < 4.78 is 56.5. The summed E-state index contributed by atoms with van der Waals surface area (Å²) >= 11 is 14.2. The van der Waals surface area contributed by atoms with E-state index in [0.717, 1.165) is 53.8 Å². The Morgan fingerprint density at radius 3 is 1.45 bits per heavy atom. The lowest BCUT2D eigenvalue weighted by Gasteiger charge is -2.36. The molecule has 0 unspecified atom stereocenters. The molecule has 2 amide bonds. The zero-order chi connectivity index (χ0) is 47.4. The maximum Gasteiger partial charge on any atom is 0.252 e. The van der Waals surface area contributed by atoms with Gasteiger partial charge in [-0.05, 0) is 149 Å². The average Bonchev–Trinajstić information content (AvgIpc) is 4.05. The van der Waals surface area contributed by atoms with Gasteiger partial charge in [0.2, 0.25) is 0 Å². The lowest BCUT2D eigenvalue weighted by molar-refractivity contribution is 0.0943. The molecule has 366 valence electrons. The zero-order valence-corrected chi connectivity index (χ0v) is 43.2. The van der Waals surface area contributed by atoms with Crippen molar-refractivity contribution in [2.24, 2.45) is 11.8 Å². The van der Waals surface area contributed by atoms with E-state index in [-0.39, 0.29) is 24.9 Å². The highest BCUT2D eigenvalue weighted by atomic mass is 35.5. The molecule has 4 heterocycles. The van der Waals surface area contributed by atoms with Crippen LogP contribution >= 0.6 is 45.9 Å². The van der Waals surface area contributed by atoms with Crippen LogP contribution < -0.4 is 21.3 Å². The number of piperidine rings is 2. The van der Waals surface area contributed by atoms with Crippen molar-refractivity contribution < 1.29 is 26.4 Å². The Balaban J connectivity index is 0.000000199. The number of nitrogens with one attached hydrogen (secondary N) is 4. The van der Waals surface area contributed by atoms with E-state index in [9.17, 15) is 26.4 Å². The summed E-state index contributed by atoms with van der Waals surface area (Å²) in [5.41, 5.74) is 1.03. The number of halogens is 2. The molecule has 4 aromatic rings. The Hall–Kier alpha value is -2.90. The Kier molecular flexibility index (Phi) is 19.2. The van der Waals surface area contributed by atoms with Gasteiger partial charge in [0.05, 0.1) is 13.1 Å². The zero-order valence-electron chi connectivity index (χ0n) is 38.4. The molecule has 67 heavy (non-hydrogen) atoms. The molecule has 2 saturated heterocycles. The average molecular weight is 1030 g/mol. The maximum absolute atomic E-state index is 13.2. The third-order valence-corrected chi connectivity index (χ3v) is 21.1. The van der Waals surface area contributed by atoms with Crippen molar-refractivity contribution in [3.05, 3.63) is 104 Å². The maximum atomic E-state index is 13.2. The Labute approximate surface area is 416 Å². The van der Waals surface area contributed by atoms with Crippen LogP contribution in [0.2, 0.25) is 10.0 Å². The SMILES string of the molecule is C[C@@H](NC1CCN(S(=O)(=O)c2ccc(CNC(=O)c3ccc(Cl)cc3)s2)CC1)C1CCCCC1.O=C(NCc1ccc(S(=O)(=O)N2CCC(NCC3CCCCC3)CC2)s1)c1ccc(Cl)cc1. The molecule has 0 bridgehead atoms. The molecule has 2 aliphatic carbocycles. The van der Waals surface area contributed by atoms with Crippen LogP contribution in [-0.4, -0.2) is 88.1 Å². The molecule has 4 N–H and O–H groups in total. The molecular formula is C49H66Cl2N6O6S4. The monoisotopic (exact) mass is 1030 g/mol. The Morgan fingerprint density at radius 1 is 0.582 bits per heavy atom. The number of hydrogen-bond acceptors (Lipinski definition) is 10. The van der Waals surface area contributed by atoms with Crippen molar-refractivity contribution in [3.8, 4) is 0 Å². The van der Waals surface area contributed by atoms with Crippen molar-refractivity contribution >= 4 is 77.7 Å². The van der Waals surface area contributed by atoms with Crippen molar-refractivity contribution in [3.63, 3.8) is 0 Å². The van der Waals surface area contributed by atoms with E-state index in [4.69, 9.17) is 23.2 Å². The first-order valence-corrected chi connectivity index (χ1v) is 29.3. The third-order valence-electron chi connectivity index (χ3n) is 13.7. The molecule has 1 atom stereocenters. The molecule has 2 saturated carbocycles. The summed E-state index contributed by atoms with van der Waals surface area (Å²) in [6.07, 6.45) is 16.7. The van der Waals surface area contributed by atoms with Gasteiger partial charge in [0.25, 0.3) is 31.9 Å². The predicted octanol–water partition coefficient (Wildman–Crippen LogP) is 9.70. The summed E-state index contributed by atoms with van der Waals surface area (Å²) in [5.74, 6) is 1.10. The van der Waals surface area contributed by atoms with E-state index in [0.29, 0.717) is 73.9 Å². The van der Waals surface area contributed by atoms with Crippen molar-refractivity contribution in [2.45, 2.75) is 136 Å². The first kappa shape index (κ1) is 51.9. The molecule has 2 aliphatic heterocycles. The van der Waals surface area contributed by atoms with Gasteiger partial charge in [0.15, 0.2) is 0 Å². The summed E-state index contributed by atoms with van der Waals surface area (Å²) in [4.78, 5) is 26.2. The first-order valence-electron chi connectivity index (χ1n) is 24.0. The fourth-order valence-electron chi connectivity index (χ4n) is 9.61. The second-order valence-electron chi connectivity index (χ2n) is 18.4. The van der Waals surface area contributed by atoms with Gasteiger partial charge >= 0.3 is 0 Å². The fourth-order valence-corrected chi connectivity index (χ4v) is 15.7. The number of hydrogen-bond donors (Lipinski definition) is 4. The van der Waals surface area contributed by atoms with E-state index in [1.54, 1.807) is 81.4 Å². The van der Waals surface area contributed by atoms with Crippen molar-refractivity contribution in [2.75, 3.05) is 32.7 Å². The number of carbonyl (C=O) groups excluding carboxylic acids is 2. The third kappa shape index (κ3) is 14.8. The number of amides is 2. The van der Waals surface area contributed by atoms with Crippen LogP contribution in [0.25, 0.3) is 0 Å². The predicted molar refractivity (Wildman–Crippen MR) is 271 cm³/mol. The smallest absolute Gasteiger partial charge is 0.252 e. The van der Waals surface area contributed by atoms with Crippen LogP contribution in [0.4, 0.5) is 0 Å². The molecule has 18 heteroatoms. The molecule has 2 aromatic heterocycles. The van der Waals surface area contributed by atoms with Crippen LogP contribution in [0.15, 0.2) is 81.2 Å². The first-order chi connectivity index (χ1) is 32.2. The number of carbonyl (C=O) groups is 2. The van der Waals surface area contributed by atoms with E-state index in [1.165, 1.54) is 86.9 Å². The number of rotatable bonds is 16. The minimum atomic E-state index is -3.51. The quantitative estimate of drug-likeness (QED) is 0.0865. The lowest BCUT2D eigenvalue weighted by atomic mass is 9.84. The standard InChI is InChI=1S/C25H34ClN3O3S2.C24H32ClN3O3S2/c1-18(19-5-3-2-4-6-19)28-22-13-15-29(16-14-22)34(31,32)24-12-11-23(33-24)17-27-25(30)20-7-9-21(26)10-8-20;25-20-8-6-19(7-9-20)24(29)27-17-22-10-11-23(32-22)33(30,31)28-14-12-21(13-15-28)26-16-18-4-2-1-3-5-18/h7-12,18-19,22,28H,2-6,13-17H2,1H3,(H,27,30);6-11,18,21,26H,1-5,12-17H2,(H,27,29)/t18-;/m1./s1. The normalized spacial score (nSPS) is 19.3. The number of thiophene rings is 2. The highest BCUT2D eigenvalue weighted by Crippen LogP contribution is 2.31. The summed E-state index contributed by atoms with van der Waals surface area (Å²) in [5, 5.41) is 14.3. The second-order valence-corrected chi connectivity index (χ2v) is 26.0. The number of sulfonamides is 2. The second kappa shape index (κ2) is 24.8. The van der Waals surface area contributed by atoms with Gasteiger partial charge in [-0.25, -0.2) is 16.8 Å². The highest BCUT2D eigenvalue weighted by molar-refractivity contribution is 7.91. The molecule has 8 rings (SSSR count). The van der Waals surface area contributed by atoms with Gasteiger partial charge in [0.1, 0.15) is 8.42 Å². The summed E-state index contributed by atoms with van der Waals surface area (Å²) in [7, 11) is -7.01. The van der Waals surface area contributed by atoms with E-state index < -0.39 is 20.0 Å². The summed E-state index contributed by atoms with van der Waals surface area (Å²) in [6.45, 7) is 6.10. The molecule has 12 nitrogen and oxygen atoms in total. The van der Waals surface area contributed by atoms with Crippen LogP contribution in [0, 0.1) is 11.8 Å². The van der Waals surface area contributed by atoms with E-state index >= 15 is 0 Å². The van der Waals surface area contributed by atoms with Gasteiger partial charge < -0.3 is 21.3 Å². The molecular weight excluding hydrogens is 968 g/mol. The number of benzene rings is 2. The highest BCUT2D eigenvalue weighted by Gasteiger charge is 2.33. The minimum absolute atomic E-state index is 0.215. The van der Waals surface area contributed by atoms with E-state index in [2.05, 4.69) is 28.2 Å². The topological polar surface area (TPSA) is 157 Å². The molecule has 0 radical (unpaired) electrons. The van der Waals surface area contributed by atoms with Crippen LogP contribution in [-0.2, 0) is 33.1 Å². The molecule has 4 fully saturated rings. The van der Waals surface area contributed by atoms with E-state index in [1.807, 2.05) is 0 Å². The molecule has 2 aromatic carbocycles. The Morgan fingerprint density at radius 2 is 1.00 bits per heavy atom. The largest absolute Gasteiger partial charge is 0.347 e. The van der Waals surface area contributed by atoms with Crippen molar-refractivity contribution in [1.29, 1.82) is 0 Å². The number of nitrogens with zero attached hydrogens (tertiary/aromatic N) is 2. The minimum Gasteiger partial charge on any atom is -0.347 e. The van der Waals surface area contributed by atoms with Crippen LogP contribution in [0.1, 0.15) is 127 Å².